The monoisotopic (exact) mass is 184 g/mol. The maximum Gasteiger partial charge on any atom is 0.171 e. The number of unbranched alkanes of at least 4 members (excludes halogenated alkanes) is 5. The van der Waals surface area contributed by atoms with Gasteiger partial charge in [-0.1, -0.05) is 25.0 Å². The molecule has 0 atom stereocenters. The zero-order valence-electron chi connectivity index (χ0n) is 8.15. The molecular weight excluding hydrogens is 164 g/mol. The Labute approximate surface area is 80.6 Å². The van der Waals surface area contributed by atoms with Gasteiger partial charge in [0.05, 0.1) is 0 Å². The molecule has 0 aromatic heterocycles. The van der Waals surface area contributed by atoms with E-state index in [1.54, 1.807) is 0 Å². The molecule has 76 valence electrons. The Kier molecular flexibility index (Phi) is 9.05. The van der Waals surface area contributed by atoms with Crippen molar-refractivity contribution in [1.82, 2.24) is 0 Å². The van der Waals surface area contributed by atoms with Gasteiger partial charge >= 0.3 is 0 Å². The lowest BCUT2D eigenvalue weighted by Gasteiger charge is -1.97. The van der Waals surface area contributed by atoms with Crippen molar-refractivity contribution < 1.29 is 10.2 Å². The SMILES string of the molecule is C=CCCCCCCC=CC(O)O. The van der Waals surface area contributed by atoms with Crippen LogP contribution < -0.4 is 0 Å². The lowest BCUT2D eigenvalue weighted by molar-refractivity contribution is 0.00216. The third-order valence-electron chi connectivity index (χ3n) is 1.84. The highest BCUT2D eigenvalue weighted by Crippen LogP contribution is 2.05. The molecule has 0 aromatic carbocycles. The molecule has 0 aliphatic rings. The molecule has 0 saturated heterocycles. The normalized spacial score (nSPS) is 11.3. The molecule has 2 heteroatoms. The van der Waals surface area contributed by atoms with Crippen LogP contribution >= 0.6 is 0 Å². The van der Waals surface area contributed by atoms with Gasteiger partial charge in [-0.05, 0) is 31.8 Å². The van der Waals surface area contributed by atoms with E-state index in [2.05, 4.69) is 6.58 Å². The zero-order valence-corrected chi connectivity index (χ0v) is 8.15. The quantitative estimate of drug-likeness (QED) is 0.345. The fourth-order valence-electron chi connectivity index (χ4n) is 1.12. The third-order valence-corrected chi connectivity index (χ3v) is 1.84. The summed E-state index contributed by atoms with van der Waals surface area (Å²) in [6, 6.07) is 0. The summed E-state index contributed by atoms with van der Waals surface area (Å²) in [6.07, 6.45) is 10.7. The highest BCUT2D eigenvalue weighted by Gasteiger charge is 1.88. The van der Waals surface area contributed by atoms with E-state index in [1.165, 1.54) is 25.3 Å². The summed E-state index contributed by atoms with van der Waals surface area (Å²) >= 11 is 0. The Morgan fingerprint density at radius 3 is 2.15 bits per heavy atom. The van der Waals surface area contributed by atoms with Crippen molar-refractivity contribution in [2.75, 3.05) is 0 Å². The summed E-state index contributed by atoms with van der Waals surface area (Å²) in [5.41, 5.74) is 0. The molecule has 2 nitrogen and oxygen atoms in total. The first-order valence-corrected chi connectivity index (χ1v) is 4.91. The Bertz CT molecular complexity index is 139. The van der Waals surface area contributed by atoms with E-state index in [-0.39, 0.29) is 0 Å². The molecule has 0 unspecified atom stereocenters. The standard InChI is InChI=1S/C11H20O2/c1-2-3-4-5-6-7-8-9-10-11(12)13/h2,9-13H,1,3-8H2. The number of rotatable bonds is 8. The summed E-state index contributed by atoms with van der Waals surface area (Å²) in [5.74, 6) is 0. The molecule has 0 saturated carbocycles. The minimum atomic E-state index is -1.29. The van der Waals surface area contributed by atoms with E-state index < -0.39 is 6.29 Å². The second-order valence-electron chi connectivity index (χ2n) is 3.12. The smallest absolute Gasteiger partial charge is 0.171 e. The van der Waals surface area contributed by atoms with Crippen LogP contribution in [0.15, 0.2) is 24.8 Å². The summed E-state index contributed by atoms with van der Waals surface area (Å²) in [7, 11) is 0. The number of aliphatic hydroxyl groups is 2. The number of hydrogen-bond acceptors (Lipinski definition) is 2. The van der Waals surface area contributed by atoms with Gasteiger partial charge < -0.3 is 10.2 Å². The third kappa shape index (κ3) is 11.4. The molecule has 0 bridgehead atoms. The Morgan fingerprint density at radius 2 is 1.62 bits per heavy atom. The number of hydrogen-bond donors (Lipinski definition) is 2. The van der Waals surface area contributed by atoms with Crippen LogP contribution in [0.1, 0.15) is 38.5 Å². The van der Waals surface area contributed by atoms with Gasteiger partial charge in [0.1, 0.15) is 0 Å². The van der Waals surface area contributed by atoms with Crippen LogP contribution in [-0.4, -0.2) is 16.5 Å². The largest absolute Gasteiger partial charge is 0.365 e. The molecule has 0 aliphatic heterocycles. The summed E-state index contributed by atoms with van der Waals surface area (Å²) in [4.78, 5) is 0. The van der Waals surface area contributed by atoms with Crippen molar-refractivity contribution in [1.29, 1.82) is 0 Å². The van der Waals surface area contributed by atoms with Crippen LogP contribution in [-0.2, 0) is 0 Å². The van der Waals surface area contributed by atoms with Crippen molar-refractivity contribution >= 4 is 0 Å². The van der Waals surface area contributed by atoms with Gasteiger partial charge in [0.25, 0.3) is 0 Å². The molecule has 0 rings (SSSR count). The van der Waals surface area contributed by atoms with Crippen LogP contribution in [0.25, 0.3) is 0 Å². The van der Waals surface area contributed by atoms with Crippen molar-refractivity contribution in [2.45, 2.75) is 44.8 Å². The topological polar surface area (TPSA) is 40.5 Å². The molecule has 0 aromatic rings. The first-order valence-electron chi connectivity index (χ1n) is 4.91. The highest BCUT2D eigenvalue weighted by atomic mass is 16.5. The van der Waals surface area contributed by atoms with E-state index in [0.29, 0.717) is 0 Å². The van der Waals surface area contributed by atoms with Crippen LogP contribution in [0, 0.1) is 0 Å². The molecular formula is C11H20O2. The molecule has 2 N–H and O–H groups in total. The summed E-state index contributed by atoms with van der Waals surface area (Å²) in [5, 5.41) is 17.0. The van der Waals surface area contributed by atoms with Gasteiger partial charge in [-0.25, -0.2) is 0 Å². The van der Waals surface area contributed by atoms with E-state index in [0.717, 1.165) is 19.3 Å². The number of aliphatic hydroxyl groups excluding tert-OH is 1. The molecule has 13 heavy (non-hydrogen) atoms. The van der Waals surface area contributed by atoms with Gasteiger partial charge in [-0.3, -0.25) is 0 Å². The average Bonchev–Trinajstić information content (AvgIpc) is 2.09. The van der Waals surface area contributed by atoms with Crippen LogP contribution in [0.5, 0.6) is 0 Å². The van der Waals surface area contributed by atoms with E-state index in [9.17, 15) is 0 Å². The van der Waals surface area contributed by atoms with Crippen LogP contribution in [0.2, 0.25) is 0 Å². The lowest BCUT2D eigenvalue weighted by Crippen LogP contribution is -1.96. The molecule has 0 fully saturated rings. The average molecular weight is 184 g/mol. The Hall–Kier alpha value is -0.600. The lowest BCUT2D eigenvalue weighted by atomic mass is 10.1. The highest BCUT2D eigenvalue weighted by molar-refractivity contribution is 4.83. The van der Waals surface area contributed by atoms with Crippen LogP contribution in [0.4, 0.5) is 0 Å². The molecule has 0 heterocycles. The maximum absolute atomic E-state index is 8.48. The Morgan fingerprint density at radius 1 is 1.00 bits per heavy atom. The van der Waals surface area contributed by atoms with E-state index >= 15 is 0 Å². The first kappa shape index (κ1) is 12.4. The molecule has 0 aliphatic carbocycles. The molecule has 0 spiro atoms. The van der Waals surface area contributed by atoms with Gasteiger partial charge in [0.2, 0.25) is 0 Å². The van der Waals surface area contributed by atoms with E-state index in [4.69, 9.17) is 10.2 Å². The van der Waals surface area contributed by atoms with E-state index in [1.807, 2.05) is 12.2 Å². The van der Waals surface area contributed by atoms with Gasteiger partial charge in [0.15, 0.2) is 6.29 Å². The van der Waals surface area contributed by atoms with Crippen molar-refractivity contribution in [3.63, 3.8) is 0 Å². The van der Waals surface area contributed by atoms with Crippen molar-refractivity contribution in [2.24, 2.45) is 0 Å². The fourth-order valence-corrected chi connectivity index (χ4v) is 1.12. The minimum absolute atomic E-state index is 0.936. The predicted octanol–water partition coefficient (Wildman–Crippen LogP) is 2.38. The van der Waals surface area contributed by atoms with Gasteiger partial charge in [-0.15, -0.1) is 6.58 Å². The van der Waals surface area contributed by atoms with Gasteiger partial charge in [-0.2, -0.15) is 0 Å². The summed E-state index contributed by atoms with van der Waals surface area (Å²) in [6.45, 7) is 3.66. The zero-order chi connectivity index (χ0) is 9.94. The fraction of sp³-hybridized carbons (Fsp3) is 0.636. The molecule has 0 amide bonds. The number of allylic oxidation sites excluding steroid dienone is 2. The molecule has 0 radical (unpaired) electrons. The summed E-state index contributed by atoms with van der Waals surface area (Å²) < 4.78 is 0. The van der Waals surface area contributed by atoms with Crippen molar-refractivity contribution in [3.05, 3.63) is 24.8 Å². The Balaban J connectivity index is 3.03. The van der Waals surface area contributed by atoms with Crippen LogP contribution in [0.3, 0.4) is 0 Å². The predicted molar refractivity (Wildman–Crippen MR) is 55.3 cm³/mol. The second kappa shape index (κ2) is 9.49. The maximum atomic E-state index is 8.48. The van der Waals surface area contributed by atoms with Crippen molar-refractivity contribution in [3.8, 4) is 0 Å². The minimum Gasteiger partial charge on any atom is -0.365 e. The second-order valence-corrected chi connectivity index (χ2v) is 3.12. The first-order chi connectivity index (χ1) is 6.27. The van der Waals surface area contributed by atoms with Gasteiger partial charge in [0, 0.05) is 0 Å².